The van der Waals surface area contributed by atoms with Crippen molar-refractivity contribution >= 4 is 51.7 Å². The van der Waals surface area contributed by atoms with Crippen LogP contribution in [0.2, 0.25) is 0 Å². The Hall–Kier alpha value is -2.31. The summed E-state index contributed by atoms with van der Waals surface area (Å²) >= 11 is 6.71. The molecule has 2 aromatic rings. The molecule has 4 nitrogen and oxygen atoms in total. The first-order valence-electron chi connectivity index (χ1n) is 8.44. The van der Waals surface area contributed by atoms with E-state index in [0.717, 1.165) is 24.9 Å². The number of carbonyl (C=O) groups excluding carboxylic acids is 1. The molecule has 0 aromatic heterocycles. The molecular weight excluding hydrogens is 364 g/mol. The third kappa shape index (κ3) is 3.10. The number of hydrogen-bond donors (Lipinski definition) is 1. The molecule has 6 heteroatoms. The van der Waals surface area contributed by atoms with Crippen LogP contribution in [0, 0.1) is 0 Å². The van der Waals surface area contributed by atoms with Crippen molar-refractivity contribution in [3.8, 4) is 5.75 Å². The smallest absolute Gasteiger partial charge is 0.270 e. The first kappa shape index (κ1) is 17.1. The summed E-state index contributed by atoms with van der Waals surface area (Å²) in [6.07, 6.45) is 4.13. The molecule has 26 heavy (non-hydrogen) atoms. The van der Waals surface area contributed by atoms with Crippen molar-refractivity contribution in [1.29, 1.82) is 0 Å². The highest BCUT2D eigenvalue weighted by Gasteiger charge is 2.33. The monoisotopic (exact) mass is 382 g/mol. The van der Waals surface area contributed by atoms with Crippen LogP contribution in [-0.4, -0.2) is 28.9 Å². The van der Waals surface area contributed by atoms with Gasteiger partial charge in [0.05, 0.1) is 10.6 Å². The van der Waals surface area contributed by atoms with E-state index in [1.807, 2.05) is 12.1 Å². The Morgan fingerprint density at radius 1 is 1.19 bits per heavy atom. The van der Waals surface area contributed by atoms with Crippen LogP contribution in [0.1, 0.15) is 17.5 Å². The first-order chi connectivity index (χ1) is 12.5. The molecular formula is C20H18N2O2S2. The number of rotatable bonds is 2. The highest BCUT2D eigenvalue weighted by Crippen LogP contribution is 2.37. The molecule has 2 aliphatic rings. The van der Waals surface area contributed by atoms with E-state index in [1.54, 1.807) is 24.3 Å². The zero-order valence-electron chi connectivity index (χ0n) is 14.3. The summed E-state index contributed by atoms with van der Waals surface area (Å²) in [6, 6.07) is 12.8. The minimum Gasteiger partial charge on any atom is -0.508 e. The lowest BCUT2D eigenvalue weighted by molar-refractivity contribution is -0.113. The molecule has 0 bridgehead atoms. The number of benzene rings is 2. The molecule has 132 valence electrons. The van der Waals surface area contributed by atoms with Crippen LogP contribution in [0.25, 0.3) is 6.08 Å². The zero-order valence-corrected chi connectivity index (χ0v) is 15.9. The maximum atomic E-state index is 12.8. The number of phenolic OH excluding ortho intramolecular Hbond substituents is 1. The quantitative estimate of drug-likeness (QED) is 0.623. The number of amides is 1. The third-order valence-electron chi connectivity index (χ3n) is 4.65. The number of thioether (sulfide) groups is 1. The number of aryl methyl sites for hydroxylation is 1. The third-order valence-corrected chi connectivity index (χ3v) is 5.96. The number of hydrogen-bond acceptors (Lipinski definition) is 5. The molecule has 0 aliphatic carbocycles. The van der Waals surface area contributed by atoms with E-state index in [9.17, 15) is 9.90 Å². The maximum absolute atomic E-state index is 12.8. The van der Waals surface area contributed by atoms with Gasteiger partial charge in [-0.3, -0.25) is 9.69 Å². The molecule has 2 aromatic carbocycles. The van der Waals surface area contributed by atoms with E-state index in [1.165, 1.54) is 27.9 Å². The normalized spacial score (nSPS) is 18.6. The fourth-order valence-corrected chi connectivity index (χ4v) is 4.64. The largest absolute Gasteiger partial charge is 0.508 e. The fraction of sp³-hybridized carbons (Fsp3) is 0.200. The minimum absolute atomic E-state index is 0.125. The van der Waals surface area contributed by atoms with Crippen molar-refractivity contribution in [2.45, 2.75) is 12.8 Å². The Morgan fingerprint density at radius 3 is 2.73 bits per heavy atom. The molecule has 4 rings (SSSR count). The lowest BCUT2D eigenvalue weighted by Crippen LogP contribution is -2.27. The number of carbonyl (C=O) groups is 1. The number of anilines is 2. The molecule has 0 saturated carbocycles. The van der Waals surface area contributed by atoms with Crippen molar-refractivity contribution in [2.24, 2.45) is 0 Å². The summed E-state index contributed by atoms with van der Waals surface area (Å²) < 4.78 is 0.504. The summed E-state index contributed by atoms with van der Waals surface area (Å²) in [5.41, 5.74) is 4.28. The predicted octanol–water partition coefficient (Wildman–Crippen LogP) is 4.18. The Kier molecular flexibility index (Phi) is 4.46. The van der Waals surface area contributed by atoms with E-state index >= 15 is 0 Å². The van der Waals surface area contributed by atoms with Gasteiger partial charge < -0.3 is 10.0 Å². The van der Waals surface area contributed by atoms with Gasteiger partial charge >= 0.3 is 0 Å². The topological polar surface area (TPSA) is 43.8 Å². The summed E-state index contributed by atoms with van der Waals surface area (Å²) in [7, 11) is 2.11. The molecule has 0 unspecified atom stereocenters. The van der Waals surface area contributed by atoms with Gasteiger partial charge in [-0.05, 0) is 66.4 Å². The van der Waals surface area contributed by atoms with Crippen molar-refractivity contribution < 1.29 is 9.90 Å². The average molecular weight is 383 g/mol. The second kappa shape index (κ2) is 6.78. The van der Waals surface area contributed by atoms with Gasteiger partial charge in [-0.2, -0.15) is 0 Å². The second-order valence-electron chi connectivity index (χ2n) is 6.45. The molecule has 0 spiro atoms. The van der Waals surface area contributed by atoms with E-state index < -0.39 is 0 Å². The average Bonchev–Trinajstić information content (AvgIpc) is 2.90. The summed E-state index contributed by atoms with van der Waals surface area (Å²) in [4.78, 5) is 17.2. The molecule has 1 amide bonds. The Morgan fingerprint density at radius 2 is 1.96 bits per heavy atom. The van der Waals surface area contributed by atoms with Crippen LogP contribution in [0.3, 0.4) is 0 Å². The molecule has 2 aliphatic heterocycles. The Labute approximate surface area is 162 Å². The van der Waals surface area contributed by atoms with Gasteiger partial charge in [0.1, 0.15) is 5.75 Å². The van der Waals surface area contributed by atoms with E-state index in [2.05, 4.69) is 24.1 Å². The van der Waals surface area contributed by atoms with Gasteiger partial charge in [-0.25, -0.2) is 0 Å². The lowest BCUT2D eigenvalue weighted by Gasteiger charge is -2.27. The van der Waals surface area contributed by atoms with Crippen LogP contribution in [-0.2, 0) is 11.2 Å². The summed E-state index contributed by atoms with van der Waals surface area (Å²) in [5.74, 6) is 0.0364. The zero-order chi connectivity index (χ0) is 18.3. The van der Waals surface area contributed by atoms with Crippen molar-refractivity contribution in [1.82, 2.24) is 0 Å². The van der Waals surface area contributed by atoms with E-state index in [0.29, 0.717) is 14.9 Å². The van der Waals surface area contributed by atoms with Crippen LogP contribution >= 0.6 is 24.0 Å². The number of fused-ring (bicyclic) bond motifs is 1. The number of nitrogens with zero attached hydrogens (tertiary/aromatic N) is 2. The van der Waals surface area contributed by atoms with Crippen LogP contribution in [0.5, 0.6) is 5.75 Å². The van der Waals surface area contributed by atoms with Crippen LogP contribution < -0.4 is 9.80 Å². The van der Waals surface area contributed by atoms with Gasteiger partial charge in [0.2, 0.25) is 0 Å². The predicted molar refractivity (Wildman–Crippen MR) is 112 cm³/mol. The van der Waals surface area contributed by atoms with Crippen molar-refractivity contribution in [3.05, 3.63) is 58.5 Å². The summed E-state index contributed by atoms with van der Waals surface area (Å²) in [5, 5.41) is 9.44. The van der Waals surface area contributed by atoms with Gasteiger partial charge in [-0.15, -0.1) is 0 Å². The van der Waals surface area contributed by atoms with Crippen molar-refractivity contribution in [3.63, 3.8) is 0 Å². The molecule has 0 atom stereocenters. The van der Waals surface area contributed by atoms with E-state index in [4.69, 9.17) is 12.2 Å². The molecule has 1 N–H and O–H groups in total. The molecule has 0 radical (unpaired) electrons. The van der Waals surface area contributed by atoms with Gasteiger partial charge in [0, 0.05) is 19.3 Å². The van der Waals surface area contributed by atoms with Gasteiger partial charge in [0.25, 0.3) is 5.91 Å². The number of aromatic hydroxyl groups is 1. The maximum Gasteiger partial charge on any atom is 0.270 e. The minimum atomic E-state index is -0.125. The lowest BCUT2D eigenvalue weighted by atomic mass is 9.99. The van der Waals surface area contributed by atoms with Crippen molar-refractivity contribution in [2.75, 3.05) is 23.4 Å². The van der Waals surface area contributed by atoms with Crippen LogP contribution in [0.4, 0.5) is 11.4 Å². The van der Waals surface area contributed by atoms with Crippen LogP contribution in [0.15, 0.2) is 47.4 Å². The first-order valence-corrected chi connectivity index (χ1v) is 9.66. The molecule has 1 saturated heterocycles. The Bertz CT molecular complexity index is 922. The summed E-state index contributed by atoms with van der Waals surface area (Å²) in [6.45, 7) is 1.08. The second-order valence-corrected chi connectivity index (χ2v) is 8.12. The molecule has 1 fully saturated rings. The van der Waals surface area contributed by atoms with Gasteiger partial charge in [-0.1, -0.05) is 30.0 Å². The number of phenols is 1. The highest BCUT2D eigenvalue weighted by molar-refractivity contribution is 8.27. The Balaban J connectivity index is 1.63. The van der Waals surface area contributed by atoms with E-state index in [-0.39, 0.29) is 11.7 Å². The highest BCUT2D eigenvalue weighted by atomic mass is 32.2. The fourth-order valence-electron chi connectivity index (χ4n) is 3.34. The molecule has 2 heterocycles. The SMILES string of the molecule is CN1CCCc2cc(C=C3SC(=S)N(c4ccc(O)cc4)C3=O)ccc21. The van der Waals surface area contributed by atoms with Gasteiger partial charge in [0.15, 0.2) is 4.32 Å². The standard InChI is InChI=1S/C20H18N2O2S2/c1-21-10-2-3-14-11-13(4-9-17(14)21)12-18-19(24)22(20(25)26-18)15-5-7-16(23)8-6-15/h4-9,11-12,23H,2-3,10H2,1H3. The number of thiocarbonyl (C=S) groups is 1.